The van der Waals surface area contributed by atoms with Crippen LogP contribution in [-0.2, 0) is 4.79 Å². The minimum atomic E-state index is -0.804. The molecule has 102 valence electrons. The lowest BCUT2D eigenvalue weighted by molar-refractivity contribution is -0.132. The number of rotatable bonds is 2. The van der Waals surface area contributed by atoms with Gasteiger partial charge in [0.2, 0.25) is 0 Å². The van der Waals surface area contributed by atoms with Crippen LogP contribution in [0, 0.1) is 0 Å². The second kappa shape index (κ2) is 8.96. The second-order valence-corrected chi connectivity index (χ2v) is 5.28. The van der Waals surface area contributed by atoms with E-state index in [-0.39, 0.29) is 0 Å². The summed E-state index contributed by atoms with van der Waals surface area (Å²) in [6.07, 6.45) is 16.7. The molecule has 1 aliphatic rings. The standard InChI is InChI=1S/C16H26O2/c1-14(16(17)18)13-15-11-9-7-5-3-2-4-6-8-10-12-15/h11,13H,2-10,12H2,1H3,(H,17,18)/b14-13+,15-11-. The fourth-order valence-electron chi connectivity index (χ4n) is 2.39. The van der Waals surface area contributed by atoms with Gasteiger partial charge in [-0.1, -0.05) is 50.2 Å². The van der Waals surface area contributed by atoms with Crippen LogP contribution in [0.25, 0.3) is 0 Å². The van der Waals surface area contributed by atoms with Crippen LogP contribution in [0.2, 0.25) is 0 Å². The first-order chi connectivity index (χ1) is 8.70. The van der Waals surface area contributed by atoms with Crippen molar-refractivity contribution in [2.75, 3.05) is 0 Å². The topological polar surface area (TPSA) is 37.3 Å². The minimum absolute atomic E-state index is 0.452. The normalized spacial score (nSPS) is 23.4. The summed E-state index contributed by atoms with van der Waals surface area (Å²) in [5.41, 5.74) is 1.67. The molecule has 2 heteroatoms. The molecule has 0 aromatic heterocycles. The maximum absolute atomic E-state index is 10.9. The van der Waals surface area contributed by atoms with Gasteiger partial charge >= 0.3 is 5.97 Å². The number of hydrogen-bond donors (Lipinski definition) is 1. The van der Waals surface area contributed by atoms with E-state index in [2.05, 4.69) is 6.08 Å². The summed E-state index contributed by atoms with van der Waals surface area (Å²) in [5.74, 6) is -0.804. The lowest BCUT2D eigenvalue weighted by Crippen LogP contribution is -1.97. The van der Waals surface area contributed by atoms with Crippen LogP contribution in [0.4, 0.5) is 0 Å². The predicted molar refractivity (Wildman–Crippen MR) is 75.6 cm³/mol. The SMILES string of the molecule is C/C(=C\C1=C/CCCCCCCCCC1)C(=O)O. The Labute approximate surface area is 111 Å². The van der Waals surface area contributed by atoms with Crippen LogP contribution in [0.3, 0.4) is 0 Å². The number of hydrogen-bond acceptors (Lipinski definition) is 1. The van der Waals surface area contributed by atoms with Gasteiger partial charge in [-0.15, -0.1) is 0 Å². The van der Waals surface area contributed by atoms with E-state index in [0.29, 0.717) is 5.57 Å². The Morgan fingerprint density at radius 2 is 1.61 bits per heavy atom. The predicted octanol–water partition coefficient (Wildman–Crippen LogP) is 4.86. The fraction of sp³-hybridized carbons (Fsp3) is 0.688. The van der Waals surface area contributed by atoms with Crippen LogP contribution in [0.15, 0.2) is 23.3 Å². The third kappa shape index (κ3) is 6.63. The molecule has 1 rings (SSSR count). The van der Waals surface area contributed by atoms with Gasteiger partial charge in [-0.05, 0) is 38.7 Å². The number of allylic oxidation sites excluding steroid dienone is 3. The van der Waals surface area contributed by atoms with Gasteiger partial charge in [0, 0.05) is 5.57 Å². The van der Waals surface area contributed by atoms with Gasteiger partial charge < -0.3 is 5.11 Å². The monoisotopic (exact) mass is 250 g/mol. The molecule has 0 heterocycles. The first kappa shape index (κ1) is 15.0. The lowest BCUT2D eigenvalue weighted by atomic mass is 9.99. The van der Waals surface area contributed by atoms with Gasteiger partial charge in [-0.3, -0.25) is 0 Å². The van der Waals surface area contributed by atoms with Crippen LogP contribution in [-0.4, -0.2) is 11.1 Å². The van der Waals surface area contributed by atoms with Crippen molar-refractivity contribution in [2.24, 2.45) is 0 Å². The lowest BCUT2D eigenvalue weighted by Gasteiger charge is -2.07. The molecule has 0 aromatic rings. The highest BCUT2D eigenvalue weighted by Gasteiger charge is 2.03. The van der Waals surface area contributed by atoms with Crippen molar-refractivity contribution < 1.29 is 9.90 Å². The molecule has 2 nitrogen and oxygen atoms in total. The van der Waals surface area contributed by atoms with E-state index in [4.69, 9.17) is 5.11 Å². The molecule has 0 fully saturated rings. The zero-order valence-electron chi connectivity index (χ0n) is 11.6. The zero-order chi connectivity index (χ0) is 13.2. The Hall–Kier alpha value is -1.05. The van der Waals surface area contributed by atoms with Crippen LogP contribution in [0.5, 0.6) is 0 Å². The number of carbonyl (C=O) groups is 1. The highest BCUT2D eigenvalue weighted by molar-refractivity contribution is 5.86. The molecule has 0 saturated carbocycles. The molecule has 0 spiro atoms. The largest absolute Gasteiger partial charge is 0.478 e. The smallest absolute Gasteiger partial charge is 0.331 e. The molecular weight excluding hydrogens is 224 g/mol. The maximum Gasteiger partial charge on any atom is 0.331 e. The minimum Gasteiger partial charge on any atom is -0.478 e. The molecule has 0 amide bonds. The highest BCUT2D eigenvalue weighted by Crippen LogP contribution is 2.18. The molecule has 0 aliphatic heterocycles. The van der Waals surface area contributed by atoms with Crippen molar-refractivity contribution in [3.05, 3.63) is 23.3 Å². The summed E-state index contributed by atoms with van der Waals surface area (Å²) in [6, 6.07) is 0. The van der Waals surface area contributed by atoms with Crippen LogP contribution in [0.1, 0.15) is 71.1 Å². The second-order valence-electron chi connectivity index (χ2n) is 5.28. The van der Waals surface area contributed by atoms with Gasteiger partial charge in [-0.25, -0.2) is 4.79 Å². The summed E-state index contributed by atoms with van der Waals surface area (Å²) < 4.78 is 0. The third-order valence-corrected chi connectivity index (χ3v) is 3.57. The van der Waals surface area contributed by atoms with Crippen molar-refractivity contribution >= 4 is 5.97 Å². The molecule has 0 atom stereocenters. The van der Waals surface area contributed by atoms with Gasteiger partial charge in [0.05, 0.1) is 0 Å². The van der Waals surface area contributed by atoms with Crippen LogP contribution < -0.4 is 0 Å². The summed E-state index contributed by atoms with van der Waals surface area (Å²) in [5, 5.41) is 8.93. The molecule has 0 aromatic carbocycles. The molecule has 0 bridgehead atoms. The third-order valence-electron chi connectivity index (χ3n) is 3.57. The molecular formula is C16H26O2. The summed E-state index contributed by atoms with van der Waals surface area (Å²) in [6.45, 7) is 1.68. The van der Waals surface area contributed by atoms with Gasteiger partial charge in [0.25, 0.3) is 0 Å². The fourth-order valence-corrected chi connectivity index (χ4v) is 2.39. The zero-order valence-corrected chi connectivity index (χ0v) is 11.6. The van der Waals surface area contributed by atoms with E-state index < -0.39 is 5.97 Å². The molecule has 0 radical (unpaired) electrons. The van der Waals surface area contributed by atoms with Gasteiger partial charge in [0.1, 0.15) is 0 Å². The molecule has 1 N–H and O–H groups in total. The first-order valence-electron chi connectivity index (χ1n) is 7.31. The Balaban J connectivity index is 2.59. The van der Waals surface area contributed by atoms with Crippen molar-refractivity contribution in [2.45, 2.75) is 71.1 Å². The maximum atomic E-state index is 10.9. The van der Waals surface area contributed by atoms with E-state index in [1.165, 1.54) is 56.9 Å². The Bertz CT molecular complexity index is 313. The van der Waals surface area contributed by atoms with E-state index in [9.17, 15) is 4.79 Å². The number of aliphatic carboxylic acids is 1. The molecule has 1 aliphatic carbocycles. The summed E-state index contributed by atoms with van der Waals surface area (Å²) in [4.78, 5) is 10.9. The Morgan fingerprint density at radius 1 is 1.06 bits per heavy atom. The molecule has 18 heavy (non-hydrogen) atoms. The molecule has 0 unspecified atom stereocenters. The van der Waals surface area contributed by atoms with E-state index >= 15 is 0 Å². The Kier molecular flexibility index (Phi) is 7.47. The van der Waals surface area contributed by atoms with Crippen molar-refractivity contribution in [3.8, 4) is 0 Å². The molecule has 0 saturated heterocycles. The average molecular weight is 250 g/mol. The van der Waals surface area contributed by atoms with E-state index in [1.807, 2.05) is 6.08 Å². The van der Waals surface area contributed by atoms with Crippen LogP contribution >= 0.6 is 0 Å². The van der Waals surface area contributed by atoms with E-state index in [0.717, 1.165) is 12.8 Å². The quantitative estimate of drug-likeness (QED) is 0.711. The van der Waals surface area contributed by atoms with Gasteiger partial charge in [0.15, 0.2) is 0 Å². The average Bonchev–Trinajstić information content (AvgIpc) is 2.32. The number of carboxylic acid groups (broad SMARTS) is 1. The first-order valence-corrected chi connectivity index (χ1v) is 7.31. The van der Waals surface area contributed by atoms with Gasteiger partial charge in [-0.2, -0.15) is 0 Å². The van der Waals surface area contributed by atoms with Crippen molar-refractivity contribution in [1.82, 2.24) is 0 Å². The Morgan fingerprint density at radius 3 is 2.22 bits per heavy atom. The summed E-state index contributed by atoms with van der Waals surface area (Å²) >= 11 is 0. The highest BCUT2D eigenvalue weighted by atomic mass is 16.4. The number of carboxylic acids is 1. The van der Waals surface area contributed by atoms with E-state index in [1.54, 1.807) is 6.92 Å². The summed E-state index contributed by atoms with van der Waals surface area (Å²) in [7, 11) is 0. The van der Waals surface area contributed by atoms with Crippen molar-refractivity contribution in [3.63, 3.8) is 0 Å². The van der Waals surface area contributed by atoms with Crippen molar-refractivity contribution in [1.29, 1.82) is 0 Å².